The summed E-state index contributed by atoms with van der Waals surface area (Å²) in [4.78, 5) is 22.6. The van der Waals surface area contributed by atoms with Crippen LogP contribution < -0.4 is 0 Å². The summed E-state index contributed by atoms with van der Waals surface area (Å²) < 4.78 is 15.4. The number of hydrogen-bond donors (Lipinski definition) is 0. The fourth-order valence-electron chi connectivity index (χ4n) is 1.74. The summed E-state index contributed by atoms with van der Waals surface area (Å²) in [6, 6.07) is 0. The third-order valence-electron chi connectivity index (χ3n) is 2.76. The van der Waals surface area contributed by atoms with E-state index < -0.39 is 17.7 Å². The van der Waals surface area contributed by atoms with Crippen LogP contribution in [0.5, 0.6) is 0 Å². The van der Waals surface area contributed by atoms with Gasteiger partial charge in [0.1, 0.15) is 11.7 Å². The summed E-state index contributed by atoms with van der Waals surface area (Å²) in [5, 5.41) is 0. The van der Waals surface area contributed by atoms with Gasteiger partial charge in [0, 0.05) is 6.42 Å². The highest BCUT2D eigenvalue weighted by molar-refractivity contribution is 5.97. The zero-order valence-electron chi connectivity index (χ0n) is 9.95. The van der Waals surface area contributed by atoms with Crippen LogP contribution in [0, 0.1) is 5.92 Å². The second kappa shape index (κ2) is 5.41. The van der Waals surface area contributed by atoms with Gasteiger partial charge in [-0.1, -0.05) is 0 Å². The van der Waals surface area contributed by atoms with E-state index in [1.165, 1.54) is 14.0 Å². The SMILES string of the molecule is COC(=O)C(CCC1(C)OCCO1)C(C)=O. The van der Waals surface area contributed by atoms with Gasteiger partial charge in [0.2, 0.25) is 0 Å². The maximum Gasteiger partial charge on any atom is 0.316 e. The molecule has 0 aromatic carbocycles. The lowest BCUT2D eigenvalue weighted by atomic mass is 9.96. The van der Waals surface area contributed by atoms with Crippen molar-refractivity contribution in [3.05, 3.63) is 0 Å². The summed E-state index contributed by atoms with van der Waals surface area (Å²) in [7, 11) is 1.28. The highest BCUT2D eigenvalue weighted by Gasteiger charge is 2.34. The molecule has 1 heterocycles. The molecule has 5 heteroatoms. The van der Waals surface area contributed by atoms with Crippen molar-refractivity contribution in [1.82, 2.24) is 0 Å². The van der Waals surface area contributed by atoms with Crippen LogP contribution in [0.3, 0.4) is 0 Å². The number of methoxy groups -OCH3 is 1. The first-order valence-corrected chi connectivity index (χ1v) is 5.35. The minimum atomic E-state index is -0.713. The van der Waals surface area contributed by atoms with Gasteiger partial charge >= 0.3 is 5.97 Å². The number of hydrogen-bond acceptors (Lipinski definition) is 5. The monoisotopic (exact) mass is 230 g/mol. The molecule has 1 saturated heterocycles. The van der Waals surface area contributed by atoms with Crippen LogP contribution in [0.15, 0.2) is 0 Å². The molecule has 1 aliphatic heterocycles. The van der Waals surface area contributed by atoms with Crippen LogP contribution in [0.4, 0.5) is 0 Å². The van der Waals surface area contributed by atoms with Crippen molar-refractivity contribution in [3.63, 3.8) is 0 Å². The summed E-state index contributed by atoms with van der Waals surface area (Å²) in [6.07, 6.45) is 0.894. The van der Waals surface area contributed by atoms with E-state index in [0.717, 1.165) is 0 Å². The topological polar surface area (TPSA) is 61.8 Å². The molecule has 1 rings (SSSR count). The maximum atomic E-state index is 11.3. The molecule has 16 heavy (non-hydrogen) atoms. The molecule has 0 aromatic heterocycles. The minimum Gasteiger partial charge on any atom is -0.468 e. The molecular formula is C11H18O5. The lowest BCUT2D eigenvalue weighted by Crippen LogP contribution is -2.30. The van der Waals surface area contributed by atoms with E-state index in [1.54, 1.807) is 0 Å². The molecule has 0 saturated carbocycles. The van der Waals surface area contributed by atoms with Crippen LogP contribution in [-0.2, 0) is 23.8 Å². The lowest BCUT2D eigenvalue weighted by Gasteiger charge is -2.23. The van der Waals surface area contributed by atoms with Gasteiger partial charge in [0.15, 0.2) is 5.79 Å². The molecular weight excluding hydrogens is 212 g/mol. The fraction of sp³-hybridized carbons (Fsp3) is 0.818. The molecule has 1 unspecified atom stereocenters. The van der Waals surface area contributed by atoms with Gasteiger partial charge in [-0.05, 0) is 20.3 Å². The maximum absolute atomic E-state index is 11.3. The summed E-state index contributed by atoms with van der Waals surface area (Å²) in [6.45, 7) is 4.31. The third kappa shape index (κ3) is 3.28. The molecule has 0 aliphatic carbocycles. The van der Waals surface area contributed by atoms with Gasteiger partial charge in [-0.25, -0.2) is 0 Å². The van der Waals surface area contributed by atoms with Gasteiger partial charge in [0.05, 0.1) is 20.3 Å². The van der Waals surface area contributed by atoms with E-state index in [4.69, 9.17) is 9.47 Å². The number of ether oxygens (including phenoxy) is 3. The summed E-state index contributed by atoms with van der Waals surface area (Å²) in [5.41, 5.74) is 0. The first-order chi connectivity index (χ1) is 7.48. The highest BCUT2D eigenvalue weighted by Crippen LogP contribution is 2.26. The second-order valence-corrected chi connectivity index (χ2v) is 4.06. The number of carbonyl (C=O) groups excluding carboxylic acids is 2. The Morgan fingerprint density at radius 1 is 1.38 bits per heavy atom. The van der Waals surface area contributed by atoms with E-state index in [1.807, 2.05) is 6.92 Å². The van der Waals surface area contributed by atoms with Crippen molar-refractivity contribution in [2.45, 2.75) is 32.5 Å². The van der Waals surface area contributed by atoms with E-state index in [-0.39, 0.29) is 5.78 Å². The first-order valence-electron chi connectivity index (χ1n) is 5.35. The van der Waals surface area contributed by atoms with Gasteiger partial charge in [0.25, 0.3) is 0 Å². The first kappa shape index (κ1) is 13.1. The smallest absolute Gasteiger partial charge is 0.316 e. The molecule has 0 bridgehead atoms. The zero-order chi connectivity index (χ0) is 12.2. The van der Waals surface area contributed by atoms with E-state index in [0.29, 0.717) is 26.1 Å². The Morgan fingerprint density at radius 3 is 2.38 bits per heavy atom. The predicted octanol–water partition coefficient (Wildman–Crippen LogP) is 0.908. The largest absolute Gasteiger partial charge is 0.468 e. The number of carbonyl (C=O) groups is 2. The highest BCUT2D eigenvalue weighted by atomic mass is 16.7. The predicted molar refractivity (Wildman–Crippen MR) is 55.7 cm³/mol. The van der Waals surface area contributed by atoms with Gasteiger partial charge in [-0.3, -0.25) is 9.59 Å². The van der Waals surface area contributed by atoms with Crippen molar-refractivity contribution < 1.29 is 23.8 Å². The normalized spacial score (nSPS) is 20.4. The lowest BCUT2D eigenvalue weighted by molar-refractivity contribution is -0.158. The molecule has 0 radical (unpaired) electrons. The average Bonchev–Trinajstić information content (AvgIpc) is 2.65. The summed E-state index contributed by atoms with van der Waals surface area (Å²) in [5.74, 6) is -2.06. The third-order valence-corrected chi connectivity index (χ3v) is 2.76. The van der Waals surface area contributed by atoms with Crippen LogP contribution in [0.2, 0.25) is 0 Å². The molecule has 0 aromatic rings. The Morgan fingerprint density at radius 2 is 1.94 bits per heavy atom. The fourth-order valence-corrected chi connectivity index (χ4v) is 1.74. The molecule has 0 N–H and O–H groups in total. The van der Waals surface area contributed by atoms with E-state index >= 15 is 0 Å². The van der Waals surface area contributed by atoms with Crippen molar-refractivity contribution in [2.75, 3.05) is 20.3 Å². The zero-order valence-corrected chi connectivity index (χ0v) is 9.95. The van der Waals surface area contributed by atoms with E-state index in [9.17, 15) is 9.59 Å². The Kier molecular flexibility index (Phi) is 4.44. The quantitative estimate of drug-likeness (QED) is 0.519. The second-order valence-electron chi connectivity index (χ2n) is 4.06. The average molecular weight is 230 g/mol. The van der Waals surface area contributed by atoms with Crippen LogP contribution in [0.25, 0.3) is 0 Å². The number of Topliss-reactive ketones (excluding diaryl/α,β-unsaturated/α-hetero) is 1. The Hall–Kier alpha value is -0.940. The Labute approximate surface area is 95.0 Å². The van der Waals surface area contributed by atoms with Crippen molar-refractivity contribution in [3.8, 4) is 0 Å². The van der Waals surface area contributed by atoms with E-state index in [2.05, 4.69) is 4.74 Å². The van der Waals surface area contributed by atoms with Crippen molar-refractivity contribution >= 4 is 11.8 Å². The van der Waals surface area contributed by atoms with Crippen molar-refractivity contribution in [1.29, 1.82) is 0 Å². The van der Waals surface area contributed by atoms with Gasteiger partial charge in [-0.2, -0.15) is 0 Å². The number of esters is 1. The molecule has 1 aliphatic rings. The number of ketones is 1. The molecule has 1 fully saturated rings. The van der Waals surface area contributed by atoms with Crippen LogP contribution in [0.1, 0.15) is 26.7 Å². The molecule has 0 amide bonds. The Bertz CT molecular complexity index is 268. The van der Waals surface area contributed by atoms with Gasteiger partial charge < -0.3 is 14.2 Å². The molecule has 5 nitrogen and oxygen atoms in total. The van der Waals surface area contributed by atoms with Gasteiger partial charge in [-0.15, -0.1) is 0 Å². The Balaban J connectivity index is 2.49. The standard InChI is InChI=1S/C11H18O5/c1-8(12)9(10(13)14-3)4-5-11(2)15-6-7-16-11/h9H,4-7H2,1-3H3. The van der Waals surface area contributed by atoms with Crippen LogP contribution in [-0.4, -0.2) is 37.9 Å². The summed E-state index contributed by atoms with van der Waals surface area (Å²) >= 11 is 0. The molecule has 1 atom stereocenters. The molecule has 92 valence electrons. The minimum absolute atomic E-state index is 0.187. The number of rotatable bonds is 5. The molecule has 0 spiro atoms. The van der Waals surface area contributed by atoms with Crippen LogP contribution >= 0.6 is 0 Å². The van der Waals surface area contributed by atoms with Crippen molar-refractivity contribution in [2.24, 2.45) is 5.92 Å².